The lowest BCUT2D eigenvalue weighted by Gasteiger charge is -2.14. The van der Waals surface area contributed by atoms with Gasteiger partial charge < -0.3 is 5.32 Å². The van der Waals surface area contributed by atoms with Gasteiger partial charge in [0.25, 0.3) is 5.69 Å². The van der Waals surface area contributed by atoms with Gasteiger partial charge in [-0.05, 0) is 31.4 Å². The van der Waals surface area contributed by atoms with E-state index < -0.39 is 4.92 Å². The molecule has 1 N–H and O–H groups in total. The predicted molar refractivity (Wildman–Crippen MR) is 83.3 cm³/mol. The number of nitro groups is 1. The van der Waals surface area contributed by atoms with Crippen molar-refractivity contribution in [2.24, 2.45) is 0 Å². The third-order valence-corrected chi connectivity index (χ3v) is 4.18. The molecule has 1 aromatic carbocycles. The lowest BCUT2D eigenvalue weighted by atomic mass is 10.1. The van der Waals surface area contributed by atoms with Crippen LogP contribution in [0.4, 0.5) is 5.69 Å². The van der Waals surface area contributed by atoms with E-state index in [1.807, 2.05) is 0 Å². The maximum Gasteiger partial charge on any atom is 0.276 e. The Bertz CT molecular complexity index is 610. The molecule has 116 valence electrons. The van der Waals surface area contributed by atoms with Crippen molar-refractivity contribution >= 4 is 17.7 Å². The topological polar surface area (TPSA) is 75.5 Å². The minimum atomic E-state index is -0.442. The second-order valence-electron chi connectivity index (χ2n) is 5.87. The van der Waals surface area contributed by atoms with Gasteiger partial charge in [-0.1, -0.05) is 12.1 Å². The average Bonchev–Trinajstić information content (AvgIpc) is 3.26. The number of hydrogen-bond acceptors (Lipinski definition) is 4. The minimum absolute atomic E-state index is 0.00678. The third kappa shape index (κ3) is 3.51. The van der Waals surface area contributed by atoms with Crippen LogP contribution in [0, 0.1) is 10.1 Å². The largest absolute Gasteiger partial charge is 0.348 e. The van der Waals surface area contributed by atoms with Crippen LogP contribution >= 0.6 is 0 Å². The molecule has 6 heteroatoms. The molecule has 1 atom stereocenters. The van der Waals surface area contributed by atoms with E-state index in [0.29, 0.717) is 5.56 Å². The average molecular weight is 301 g/mol. The van der Waals surface area contributed by atoms with Gasteiger partial charge in [0.1, 0.15) is 0 Å². The molecule has 3 rings (SSSR count). The van der Waals surface area contributed by atoms with Crippen molar-refractivity contribution in [2.75, 3.05) is 13.1 Å². The van der Waals surface area contributed by atoms with Gasteiger partial charge >= 0.3 is 0 Å². The summed E-state index contributed by atoms with van der Waals surface area (Å²) in [7, 11) is 0. The van der Waals surface area contributed by atoms with Crippen molar-refractivity contribution in [2.45, 2.75) is 31.3 Å². The Morgan fingerprint density at radius 1 is 1.32 bits per heavy atom. The van der Waals surface area contributed by atoms with Crippen molar-refractivity contribution in [1.82, 2.24) is 10.2 Å². The first kappa shape index (κ1) is 14.7. The Balaban J connectivity index is 1.56. The van der Waals surface area contributed by atoms with Gasteiger partial charge in [-0.3, -0.25) is 19.8 Å². The van der Waals surface area contributed by atoms with Crippen molar-refractivity contribution < 1.29 is 9.72 Å². The van der Waals surface area contributed by atoms with E-state index in [1.165, 1.54) is 31.1 Å². The van der Waals surface area contributed by atoms with Crippen molar-refractivity contribution in [1.29, 1.82) is 0 Å². The number of carbonyl (C=O) groups excluding carboxylic acids is 1. The molecular formula is C16H19N3O3. The second-order valence-corrected chi connectivity index (χ2v) is 5.87. The molecule has 1 aromatic rings. The fourth-order valence-electron chi connectivity index (χ4n) is 2.89. The Labute approximate surface area is 129 Å². The minimum Gasteiger partial charge on any atom is -0.348 e. The van der Waals surface area contributed by atoms with E-state index in [0.717, 1.165) is 25.6 Å². The molecule has 1 aliphatic carbocycles. The smallest absolute Gasteiger partial charge is 0.276 e. The van der Waals surface area contributed by atoms with Crippen LogP contribution in [0.5, 0.6) is 0 Å². The molecule has 1 aliphatic heterocycles. The van der Waals surface area contributed by atoms with Crippen LogP contribution < -0.4 is 5.32 Å². The normalized spacial score (nSPS) is 22.1. The number of hydrogen-bond donors (Lipinski definition) is 1. The molecule has 22 heavy (non-hydrogen) atoms. The summed E-state index contributed by atoms with van der Waals surface area (Å²) in [6, 6.07) is 7.30. The number of amides is 1. The lowest BCUT2D eigenvalue weighted by molar-refractivity contribution is -0.385. The lowest BCUT2D eigenvalue weighted by Crippen LogP contribution is -2.36. The first-order valence-corrected chi connectivity index (χ1v) is 7.59. The number of benzene rings is 1. The zero-order chi connectivity index (χ0) is 15.5. The Hall–Kier alpha value is -2.21. The van der Waals surface area contributed by atoms with Gasteiger partial charge in [-0.15, -0.1) is 0 Å². The molecule has 1 amide bonds. The number of para-hydroxylation sites is 1. The van der Waals surface area contributed by atoms with Gasteiger partial charge in [0.05, 0.1) is 10.5 Å². The van der Waals surface area contributed by atoms with Crippen LogP contribution in [0.25, 0.3) is 6.08 Å². The maximum absolute atomic E-state index is 12.0. The van der Waals surface area contributed by atoms with Gasteiger partial charge in [0.2, 0.25) is 5.91 Å². The van der Waals surface area contributed by atoms with E-state index in [9.17, 15) is 14.9 Å². The molecule has 1 heterocycles. The highest BCUT2D eigenvalue weighted by atomic mass is 16.6. The summed E-state index contributed by atoms with van der Waals surface area (Å²) in [4.78, 5) is 24.9. The monoisotopic (exact) mass is 301 g/mol. The Kier molecular flexibility index (Phi) is 4.20. The number of carbonyl (C=O) groups is 1. The van der Waals surface area contributed by atoms with Crippen molar-refractivity contribution in [3.63, 3.8) is 0 Å². The third-order valence-electron chi connectivity index (χ3n) is 4.18. The molecule has 6 nitrogen and oxygen atoms in total. The highest BCUT2D eigenvalue weighted by Crippen LogP contribution is 2.29. The van der Waals surface area contributed by atoms with Crippen LogP contribution in [0.15, 0.2) is 30.3 Å². The molecule has 1 saturated heterocycles. The van der Waals surface area contributed by atoms with Gasteiger partial charge in [-0.2, -0.15) is 0 Å². The molecule has 0 spiro atoms. The van der Waals surface area contributed by atoms with E-state index >= 15 is 0 Å². The zero-order valence-corrected chi connectivity index (χ0v) is 12.3. The summed E-state index contributed by atoms with van der Waals surface area (Å²) in [5, 5.41) is 13.9. The SMILES string of the molecule is O=C(C=Cc1ccccc1[N+](=O)[O-])NC1CCN(C2CC2)C1. The van der Waals surface area contributed by atoms with Crippen molar-refractivity contribution in [3.05, 3.63) is 46.0 Å². The molecule has 0 radical (unpaired) electrons. The van der Waals surface area contributed by atoms with Crippen LogP contribution in [-0.2, 0) is 4.79 Å². The fraction of sp³-hybridized carbons (Fsp3) is 0.438. The molecule has 0 bridgehead atoms. The second kappa shape index (κ2) is 6.27. The van der Waals surface area contributed by atoms with E-state index in [1.54, 1.807) is 18.2 Å². The molecule has 1 unspecified atom stereocenters. The van der Waals surface area contributed by atoms with Gasteiger partial charge in [0, 0.05) is 37.3 Å². The summed E-state index contributed by atoms with van der Waals surface area (Å²) in [6.07, 6.45) is 6.40. The predicted octanol–water partition coefficient (Wildman–Crippen LogP) is 1.96. The number of nitro benzene ring substituents is 1. The van der Waals surface area contributed by atoms with Crippen LogP contribution in [0.2, 0.25) is 0 Å². The highest BCUT2D eigenvalue weighted by molar-refractivity contribution is 5.92. The van der Waals surface area contributed by atoms with Gasteiger partial charge in [0.15, 0.2) is 0 Å². The van der Waals surface area contributed by atoms with Crippen LogP contribution in [0.3, 0.4) is 0 Å². The van der Waals surface area contributed by atoms with E-state index in [4.69, 9.17) is 0 Å². The Morgan fingerprint density at radius 3 is 2.82 bits per heavy atom. The summed E-state index contributed by atoms with van der Waals surface area (Å²) in [5.41, 5.74) is 0.445. The number of likely N-dealkylation sites (tertiary alicyclic amines) is 1. The first-order valence-electron chi connectivity index (χ1n) is 7.59. The number of nitrogens with zero attached hydrogens (tertiary/aromatic N) is 2. The number of rotatable bonds is 5. The number of nitrogens with one attached hydrogen (secondary N) is 1. The molecule has 2 aliphatic rings. The molecule has 2 fully saturated rings. The maximum atomic E-state index is 12.0. The summed E-state index contributed by atoms with van der Waals surface area (Å²) in [5.74, 6) is -0.194. The van der Waals surface area contributed by atoms with Gasteiger partial charge in [-0.25, -0.2) is 0 Å². The Morgan fingerprint density at radius 2 is 2.09 bits per heavy atom. The molecule has 1 saturated carbocycles. The fourth-order valence-corrected chi connectivity index (χ4v) is 2.89. The summed E-state index contributed by atoms with van der Waals surface area (Å²) < 4.78 is 0. The van der Waals surface area contributed by atoms with E-state index in [2.05, 4.69) is 10.2 Å². The molecule has 0 aromatic heterocycles. The quantitative estimate of drug-likeness (QED) is 0.512. The molecular weight excluding hydrogens is 282 g/mol. The zero-order valence-electron chi connectivity index (χ0n) is 12.3. The first-order chi connectivity index (χ1) is 10.6. The highest BCUT2D eigenvalue weighted by Gasteiger charge is 2.34. The summed E-state index contributed by atoms with van der Waals surface area (Å²) in [6.45, 7) is 1.96. The van der Waals surface area contributed by atoms with E-state index in [-0.39, 0.29) is 17.6 Å². The van der Waals surface area contributed by atoms with Crippen LogP contribution in [-0.4, -0.2) is 40.9 Å². The van der Waals surface area contributed by atoms with Crippen LogP contribution in [0.1, 0.15) is 24.8 Å². The standard InChI is InChI=1S/C16H19N3O3/c20-16(17-13-9-10-18(11-13)14-6-7-14)8-5-12-3-1-2-4-15(12)19(21)22/h1-5,8,13-14H,6-7,9-11H2,(H,17,20). The van der Waals surface area contributed by atoms with Crippen molar-refractivity contribution in [3.8, 4) is 0 Å². The summed E-state index contributed by atoms with van der Waals surface area (Å²) >= 11 is 0.